The van der Waals surface area contributed by atoms with Crippen molar-refractivity contribution in [3.8, 4) is 0 Å². The standard InChI is InChI=1S/C17H24N4O3/c1-5-12(4)21-16-14(9-18-21)13(8-11(3)19-16)17(24)20-10(2)6-7-15(22)23/h8-10,12H,5-7H2,1-4H3,(H,20,24)(H,22,23). The SMILES string of the molecule is CCC(C)n1ncc2c(C(=O)NC(C)CCC(=O)O)cc(C)nc21. The number of fused-ring (bicyclic) bond motifs is 1. The van der Waals surface area contributed by atoms with E-state index in [4.69, 9.17) is 5.11 Å². The molecule has 0 aliphatic carbocycles. The highest BCUT2D eigenvalue weighted by Gasteiger charge is 2.19. The Labute approximate surface area is 141 Å². The van der Waals surface area contributed by atoms with Gasteiger partial charge in [-0.1, -0.05) is 6.92 Å². The number of amides is 1. The number of carboxylic acids is 1. The summed E-state index contributed by atoms with van der Waals surface area (Å²) in [6.07, 6.45) is 3.00. The van der Waals surface area contributed by atoms with Crippen LogP contribution in [0.2, 0.25) is 0 Å². The molecule has 0 saturated heterocycles. The quantitative estimate of drug-likeness (QED) is 0.812. The number of hydrogen-bond donors (Lipinski definition) is 2. The molecular formula is C17H24N4O3. The van der Waals surface area contributed by atoms with Crippen LogP contribution in [0.4, 0.5) is 0 Å². The third-order valence-electron chi connectivity index (χ3n) is 4.12. The van der Waals surface area contributed by atoms with Crippen molar-refractivity contribution in [1.29, 1.82) is 0 Å². The number of nitrogens with one attached hydrogen (secondary N) is 1. The molecule has 2 heterocycles. The minimum atomic E-state index is -0.868. The zero-order chi connectivity index (χ0) is 17.9. The van der Waals surface area contributed by atoms with Gasteiger partial charge in [0, 0.05) is 18.2 Å². The highest BCUT2D eigenvalue weighted by molar-refractivity contribution is 6.05. The molecule has 0 aliphatic rings. The monoisotopic (exact) mass is 332 g/mol. The van der Waals surface area contributed by atoms with E-state index < -0.39 is 5.97 Å². The zero-order valence-corrected chi connectivity index (χ0v) is 14.5. The van der Waals surface area contributed by atoms with Crippen LogP contribution in [0.5, 0.6) is 0 Å². The highest BCUT2D eigenvalue weighted by Crippen LogP contribution is 2.22. The van der Waals surface area contributed by atoms with E-state index in [1.165, 1.54) is 0 Å². The molecule has 24 heavy (non-hydrogen) atoms. The number of carbonyl (C=O) groups excluding carboxylic acids is 1. The number of rotatable bonds is 7. The first-order valence-electron chi connectivity index (χ1n) is 8.21. The van der Waals surface area contributed by atoms with Gasteiger partial charge in [-0.05, 0) is 39.7 Å². The van der Waals surface area contributed by atoms with Gasteiger partial charge in [0.1, 0.15) is 0 Å². The van der Waals surface area contributed by atoms with Crippen molar-refractivity contribution >= 4 is 22.9 Å². The lowest BCUT2D eigenvalue weighted by atomic mass is 10.1. The third-order valence-corrected chi connectivity index (χ3v) is 4.12. The predicted molar refractivity (Wildman–Crippen MR) is 91.1 cm³/mol. The Kier molecular flexibility index (Phi) is 5.54. The number of nitrogens with zero attached hydrogens (tertiary/aromatic N) is 3. The average Bonchev–Trinajstić information content (AvgIpc) is 2.94. The van der Waals surface area contributed by atoms with Crippen molar-refractivity contribution in [3.63, 3.8) is 0 Å². The lowest BCUT2D eigenvalue weighted by Crippen LogP contribution is -2.33. The molecule has 2 aromatic heterocycles. The second kappa shape index (κ2) is 7.42. The lowest BCUT2D eigenvalue weighted by Gasteiger charge is -2.14. The molecule has 2 atom stereocenters. The van der Waals surface area contributed by atoms with Gasteiger partial charge < -0.3 is 10.4 Å². The van der Waals surface area contributed by atoms with Gasteiger partial charge in [-0.2, -0.15) is 5.10 Å². The molecule has 7 heteroatoms. The molecule has 0 saturated carbocycles. The number of carboxylic acid groups (broad SMARTS) is 1. The van der Waals surface area contributed by atoms with Crippen LogP contribution in [0.15, 0.2) is 12.3 Å². The van der Waals surface area contributed by atoms with Gasteiger partial charge in [0.05, 0.1) is 23.2 Å². The summed E-state index contributed by atoms with van der Waals surface area (Å²) in [5.41, 5.74) is 1.97. The van der Waals surface area contributed by atoms with Crippen LogP contribution in [0.25, 0.3) is 11.0 Å². The third kappa shape index (κ3) is 3.90. The maximum absolute atomic E-state index is 12.6. The smallest absolute Gasteiger partial charge is 0.303 e. The fourth-order valence-electron chi connectivity index (χ4n) is 2.54. The van der Waals surface area contributed by atoms with Crippen LogP contribution in [-0.2, 0) is 4.79 Å². The minimum Gasteiger partial charge on any atom is -0.481 e. The van der Waals surface area contributed by atoms with Crippen LogP contribution in [0.3, 0.4) is 0 Å². The fourth-order valence-corrected chi connectivity index (χ4v) is 2.54. The van der Waals surface area contributed by atoms with Gasteiger partial charge >= 0.3 is 5.97 Å². The largest absolute Gasteiger partial charge is 0.481 e. The molecule has 7 nitrogen and oxygen atoms in total. The topological polar surface area (TPSA) is 97.1 Å². The Morgan fingerprint density at radius 3 is 2.71 bits per heavy atom. The zero-order valence-electron chi connectivity index (χ0n) is 14.5. The summed E-state index contributed by atoms with van der Waals surface area (Å²) >= 11 is 0. The molecule has 1 amide bonds. The number of aromatic nitrogens is 3. The van der Waals surface area contributed by atoms with E-state index in [1.807, 2.05) is 11.6 Å². The molecule has 2 aromatic rings. The van der Waals surface area contributed by atoms with Crippen molar-refractivity contribution in [1.82, 2.24) is 20.1 Å². The first-order valence-corrected chi connectivity index (χ1v) is 8.21. The molecule has 2 rings (SSSR count). The molecule has 0 radical (unpaired) electrons. The van der Waals surface area contributed by atoms with E-state index in [0.717, 1.165) is 12.1 Å². The Morgan fingerprint density at radius 2 is 2.08 bits per heavy atom. The van der Waals surface area contributed by atoms with Crippen molar-refractivity contribution in [2.24, 2.45) is 0 Å². The lowest BCUT2D eigenvalue weighted by molar-refractivity contribution is -0.137. The van der Waals surface area contributed by atoms with E-state index >= 15 is 0 Å². The van der Waals surface area contributed by atoms with Crippen molar-refractivity contribution < 1.29 is 14.7 Å². The average molecular weight is 332 g/mol. The molecule has 2 N–H and O–H groups in total. The molecular weight excluding hydrogens is 308 g/mol. The summed E-state index contributed by atoms with van der Waals surface area (Å²) < 4.78 is 1.84. The van der Waals surface area contributed by atoms with Crippen molar-refractivity contribution in [2.75, 3.05) is 0 Å². The maximum atomic E-state index is 12.6. The van der Waals surface area contributed by atoms with Crippen molar-refractivity contribution in [2.45, 2.75) is 59.0 Å². The Hall–Kier alpha value is -2.44. The second-order valence-electron chi connectivity index (χ2n) is 6.20. The second-order valence-corrected chi connectivity index (χ2v) is 6.20. The predicted octanol–water partition coefficient (Wildman–Crippen LogP) is 2.69. The minimum absolute atomic E-state index is 0.0260. The number of hydrogen-bond acceptors (Lipinski definition) is 4. The first kappa shape index (κ1) is 17.9. The fraction of sp³-hybridized carbons (Fsp3) is 0.529. The van der Waals surface area contributed by atoms with Gasteiger partial charge in [-0.15, -0.1) is 0 Å². The summed E-state index contributed by atoms with van der Waals surface area (Å²) in [7, 11) is 0. The van der Waals surface area contributed by atoms with E-state index in [0.29, 0.717) is 23.0 Å². The van der Waals surface area contributed by atoms with Gasteiger partial charge in [0.2, 0.25) is 0 Å². The number of pyridine rings is 1. The highest BCUT2D eigenvalue weighted by atomic mass is 16.4. The summed E-state index contributed by atoms with van der Waals surface area (Å²) in [5.74, 6) is -1.10. The number of aryl methyl sites for hydroxylation is 1. The van der Waals surface area contributed by atoms with Crippen LogP contribution >= 0.6 is 0 Å². The Balaban J connectivity index is 2.29. The van der Waals surface area contributed by atoms with Gasteiger partial charge in [0.15, 0.2) is 5.65 Å². The Morgan fingerprint density at radius 1 is 1.38 bits per heavy atom. The van der Waals surface area contributed by atoms with E-state index in [2.05, 4.69) is 29.2 Å². The van der Waals surface area contributed by atoms with Crippen LogP contribution in [0.1, 0.15) is 62.1 Å². The van der Waals surface area contributed by atoms with Crippen LogP contribution < -0.4 is 5.32 Å². The van der Waals surface area contributed by atoms with E-state index in [-0.39, 0.29) is 24.4 Å². The summed E-state index contributed by atoms with van der Waals surface area (Å²) in [4.78, 5) is 27.8. The molecule has 0 aliphatic heterocycles. The van der Waals surface area contributed by atoms with Gasteiger partial charge in [0.25, 0.3) is 5.91 Å². The first-order chi connectivity index (χ1) is 11.3. The Bertz CT molecular complexity index is 754. The van der Waals surface area contributed by atoms with Crippen LogP contribution in [-0.4, -0.2) is 37.8 Å². The van der Waals surface area contributed by atoms with E-state index in [1.54, 1.807) is 19.2 Å². The van der Waals surface area contributed by atoms with E-state index in [9.17, 15) is 9.59 Å². The molecule has 0 aromatic carbocycles. The molecule has 0 spiro atoms. The molecule has 0 fully saturated rings. The van der Waals surface area contributed by atoms with Crippen molar-refractivity contribution in [3.05, 3.63) is 23.5 Å². The molecule has 0 bridgehead atoms. The maximum Gasteiger partial charge on any atom is 0.303 e. The normalized spacial score (nSPS) is 13.7. The molecule has 2 unspecified atom stereocenters. The number of aliphatic carboxylic acids is 1. The molecule has 130 valence electrons. The summed E-state index contributed by atoms with van der Waals surface area (Å²) in [6.45, 7) is 7.78. The summed E-state index contributed by atoms with van der Waals surface area (Å²) in [6, 6.07) is 1.72. The van der Waals surface area contributed by atoms with Gasteiger partial charge in [-0.25, -0.2) is 9.67 Å². The van der Waals surface area contributed by atoms with Crippen LogP contribution in [0, 0.1) is 6.92 Å². The van der Waals surface area contributed by atoms with Gasteiger partial charge in [-0.3, -0.25) is 9.59 Å². The number of carbonyl (C=O) groups is 2. The summed E-state index contributed by atoms with van der Waals surface area (Å²) in [5, 5.41) is 16.7.